The maximum Gasteiger partial charge on any atom is 0.245 e. The van der Waals surface area contributed by atoms with Crippen molar-refractivity contribution < 1.29 is 37.1 Å². The summed E-state index contributed by atoms with van der Waals surface area (Å²) >= 11 is 0. The number of nitrogens with zero attached hydrogens (tertiary/aromatic N) is 2. The van der Waals surface area contributed by atoms with Gasteiger partial charge in [0.1, 0.15) is 6.04 Å². The van der Waals surface area contributed by atoms with Crippen molar-refractivity contribution >= 4 is 33.7 Å². The summed E-state index contributed by atoms with van der Waals surface area (Å²) in [4.78, 5) is 59.0. The number of amides is 4. The molecule has 11 atom stereocenters. The number of nitrogens with two attached hydrogens (primary N) is 1. The van der Waals surface area contributed by atoms with Crippen LogP contribution >= 0.6 is 0 Å². The molecule has 2 heterocycles. The van der Waals surface area contributed by atoms with Gasteiger partial charge in [-0.05, 0) is 61.8 Å². The van der Waals surface area contributed by atoms with E-state index in [-0.39, 0.29) is 48.4 Å². The SMILES string of the molecule is CC[C@H](C)[C@@H]([C@@H](CC(=O)N1CCC[C@H]1[C@H](OC)[C@@H](C)C(=O)N[C@@H](Cc1ccccc1)CS(N)(=O)=O)OC)N(C)C(=O)[C@@H](NC(=O)[C@H]1N[C@@H]2CC[C@H]1C2)C(C)C. The minimum atomic E-state index is -3.89. The molecule has 310 valence electrons. The fraction of sp³-hybridized carbons (Fsp3) is 0.750. The van der Waals surface area contributed by atoms with Gasteiger partial charge < -0.3 is 35.2 Å². The van der Waals surface area contributed by atoms with Crippen LogP contribution in [0, 0.1) is 23.7 Å². The highest BCUT2D eigenvalue weighted by Crippen LogP contribution is 2.35. The number of likely N-dealkylation sites (tertiary alicyclic amines) is 1. The fourth-order valence-corrected chi connectivity index (χ4v) is 9.86. The second kappa shape index (κ2) is 19.8. The number of fused-ring (bicyclic) bond motifs is 2. The van der Waals surface area contributed by atoms with Crippen molar-refractivity contribution in [1.29, 1.82) is 0 Å². The summed E-state index contributed by atoms with van der Waals surface area (Å²) in [7, 11) is 0.895. The van der Waals surface area contributed by atoms with E-state index in [1.54, 1.807) is 30.9 Å². The van der Waals surface area contributed by atoms with Crippen molar-refractivity contribution in [2.45, 2.75) is 134 Å². The number of methoxy groups -OCH3 is 2. The van der Waals surface area contributed by atoms with Crippen molar-refractivity contribution in [3.8, 4) is 0 Å². The largest absolute Gasteiger partial charge is 0.379 e. The number of carbonyl (C=O) groups excluding carboxylic acids is 4. The van der Waals surface area contributed by atoms with Crippen molar-refractivity contribution in [2.24, 2.45) is 28.8 Å². The third kappa shape index (κ3) is 11.5. The Bertz CT molecular complexity index is 1560. The lowest BCUT2D eigenvalue weighted by Gasteiger charge is -2.41. The molecule has 2 aliphatic heterocycles. The number of rotatable bonds is 20. The van der Waals surface area contributed by atoms with Crippen LogP contribution in [0.15, 0.2) is 30.3 Å². The highest BCUT2D eigenvalue weighted by atomic mass is 32.2. The minimum Gasteiger partial charge on any atom is -0.379 e. The molecule has 1 aliphatic carbocycles. The van der Waals surface area contributed by atoms with Gasteiger partial charge in [0.05, 0.1) is 48.4 Å². The Morgan fingerprint density at radius 2 is 1.71 bits per heavy atom. The van der Waals surface area contributed by atoms with Gasteiger partial charge in [0, 0.05) is 39.9 Å². The number of sulfonamides is 1. The molecule has 3 fully saturated rings. The van der Waals surface area contributed by atoms with E-state index in [0.29, 0.717) is 31.3 Å². The number of piperidine rings is 1. The van der Waals surface area contributed by atoms with E-state index in [1.165, 1.54) is 7.11 Å². The van der Waals surface area contributed by atoms with Crippen LogP contribution in [0.2, 0.25) is 0 Å². The number of nitrogens with one attached hydrogen (secondary N) is 3. The van der Waals surface area contributed by atoms with Gasteiger partial charge in [-0.2, -0.15) is 0 Å². The summed E-state index contributed by atoms with van der Waals surface area (Å²) in [5, 5.41) is 14.8. The van der Waals surface area contributed by atoms with Crippen LogP contribution < -0.4 is 21.1 Å². The van der Waals surface area contributed by atoms with Gasteiger partial charge in [-0.15, -0.1) is 0 Å². The summed E-state index contributed by atoms with van der Waals surface area (Å²) in [6, 6.07) is 6.95. The Hall–Kier alpha value is -3.11. The van der Waals surface area contributed by atoms with Crippen molar-refractivity contribution in [2.75, 3.05) is 33.6 Å². The van der Waals surface area contributed by atoms with Crippen LogP contribution in [0.3, 0.4) is 0 Å². The number of hydrogen-bond donors (Lipinski definition) is 4. The molecule has 2 saturated heterocycles. The van der Waals surface area contributed by atoms with Gasteiger partial charge in [0.15, 0.2) is 0 Å². The van der Waals surface area contributed by atoms with E-state index in [2.05, 4.69) is 16.0 Å². The number of benzene rings is 1. The number of carbonyl (C=O) groups is 4. The Morgan fingerprint density at radius 1 is 1.02 bits per heavy atom. The van der Waals surface area contributed by atoms with Gasteiger partial charge in [0.25, 0.3) is 0 Å². The monoisotopic (exact) mass is 790 g/mol. The van der Waals surface area contributed by atoms with E-state index in [4.69, 9.17) is 14.6 Å². The standard InChI is InChI=1S/C40H66N6O8S/c1-9-25(4)36(45(6)40(50)34(24(2)3)44-39(49)35-28-17-18-29(21-28)42-35)32(53-7)22-33(47)46-19-13-16-31(46)37(54-8)26(5)38(48)43-30(23-55(41,51)52)20-27-14-11-10-12-15-27/h10-12,14-15,24-26,28-32,34-37,42H,9,13,16-23H2,1-8H3,(H,43,48)(H,44,49)(H2,41,51,52)/t25-,26+,28-,29+,30-,31-,32+,34-,35-,36-,37+/m0/s1. The van der Waals surface area contributed by atoms with Gasteiger partial charge in [0.2, 0.25) is 33.7 Å². The van der Waals surface area contributed by atoms with E-state index in [0.717, 1.165) is 31.2 Å². The molecule has 0 spiro atoms. The van der Waals surface area contributed by atoms with Crippen molar-refractivity contribution in [1.82, 2.24) is 25.8 Å². The maximum atomic E-state index is 14.2. The van der Waals surface area contributed by atoms with E-state index < -0.39 is 64.0 Å². The zero-order valence-electron chi connectivity index (χ0n) is 34.0. The van der Waals surface area contributed by atoms with E-state index >= 15 is 0 Å². The quantitative estimate of drug-likeness (QED) is 0.154. The van der Waals surface area contributed by atoms with Gasteiger partial charge in [-0.3, -0.25) is 19.2 Å². The topological polar surface area (TPSA) is 189 Å². The Balaban J connectivity index is 1.46. The molecule has 0 radical (unpaired) electrons. The normalized spacial score (nSPS) is 24.8. The highest BCUT2D eigenvalue weighted by Gasteiger charge is 2.46. The van der Waals surface area contributed by atoms with Crippen molar-refractivity contribution in [3.63, 3.8) is 0 Å². The fourth-order valence-electron chi connectivity index (χ4n) is 9.10. The lowest BCUT2D eigenvalue weighted by atomic mass is 9.89. The smallest absolute Gasteiger partial charge is 0.245 e. The Labute approximate surface area is 328 Å². The zero-order chi connectivity index (χ0) is 40.6. The molecule has 3 aliphatic rings. The summed E-state index contributed by atoms with van der Waals surface area (Å²) in [5.74, 6) is -2.00. The molecule has 4 rings (SSSR count). The summed E-state index contributed by atoms with van der Waals surface area (Å²) in [5.41, 5.74) is 0.855. The lowest BCUT2D eigenvalue weighted by Crippen LogP contribution is -2.60. The molecule has 4 amide bonds. The predicted octanol–water partition coefficient (Wildman–Crippen LogP) is 2.20. The molecule has 1 aromatic rings. The zero-order valence-corrected chi connectivity index (χ0v) is 34.8. The summed E-state index contributed by atoms with van der Waals surface area (Å²) in [6.07, 6.45) is 4.09. The molecule has 0 aromatic heterocycles. The number of hydrogen-bond acceptors (Lipinski definition) is 9. The first-order valence-corrected chi connectivity index (χ1v) is 21.7. The second-order valence-electron chi connectivity index (χ2n) is 16.5. The van der Waals surface area contributed by atoms with Crippen LogP contribution in [0.5, 0.6) is 0 Å². The van der Waals surface area contributed by atoms with Gasteiger partial charge in [-0.1, -0.05) is 71.4 Å². The molecular formula is C40H66N6O8S. The van der Waals surface area contributed by atoms with Crippen LogP contribution in [-0.2, 0) is 45.1 Å². The van der Waals surface area contributed by atoms with Crippen LogP contribution in [0.4, 0.5) is 0 Å². The molecule has 2 bridgehead atoms. The molecule has 5 N–H and O–H groups in total. The molecule has 55 heavy (non-hydrogen) atoms. The van der Waals surface area contributed by atoms with E-state index in [9.17, 15) is 27.6 Å². The molecule has 0 unspecified atom stereocenters. The summed E-state index contributed by atoms with van der Waals surface area (Å²) in [6.45, 7) is 10.1. The molecule has 14 nitrogen and oxygen atoms in total. The van der Waals surface area contributed by atoms with Crippen molar-refractivity contribution in [3.05, 3.63) is 35.9 Å². The first-order valence-electron chi connectivity index (χ1n) is 20.0. The van der Waals surface area contributed by atoms with Crippen LogP contribution in [0.1, 0.15) is 85.1 Å². The third-order valence-electron chi connectivity index (χ3n) is 12.2. The average Bonchev–Trinajstić information content (AvgIpc) is 3.91. The highest BCUT2D eigenvalue weighted by molar-refractivity contribution is 7.89. The molecular weight excluding hydrogens is 725 g/mol. The third-order valence-corrected chi connectivity index (χ3v) is 13.1. The van der Waals surface area contributed by atoms with Gasteiger partial charge >= 0.3 is 0 Å². The molecule has 15 heteroatoms. The van der Waals surface area contributed by atoms with Crippen LogP contribution in [0.25, 0.3) is 0 Å². The Kier molecular flexibility index (Phi) is 16.1. The van der Waals surface area contributed by atoms with Gasteiger partial charge in [-0.25, -0.2) is 13.6 Å². The number of likely N-dealkylation sites (N-methyl/N-ethyl adjacent to an activating group) is 1. The number of primary sulfonamides is 1. The molecule has 1 saturated carbocycles. The summed E-state index contributed by atoms with van der Waals surface area (Å²) < 4.78 is 36.1. The predicted molar refractivity (Wildman–Crippen MR) is 211 cm³/mol. The average molecular weight is 791 g/mol. The number of ether oxygens (including phenoxy) is 2. The Morgan fingerprint density at radius 3 is 2.25 bits per heavy atom. The second-order valence-corrected chi connectivity index (χ2v) is 18.1. The first kappa shape index (κ1) is 44.6. The maximum absolute atomic E-state index is 14.2. The molecule has 1 aromatic carbocycles. The minimum absolute atomic E-state index is 0.00207. The van der Waals surface area contributed by atoms with E-state index in [1.807, 2.05) is 58.0 Å². The lowest BCUT2D eigenvalue weighted by molar-refractivity contribution is -0.147. The van der Waals surface area contributed by atoms with Crippen LogP contribution in [-0.4, -0.2) is 124 Å². The first-order chi connectivity index (χ1) is 26.0.